The number of carboxylic acids is 2. The predicted molar refractivity (Wildman–Crippen MR) is 85.4 cm³/mol. The van der Waals surface area contributed by atoms with Gasteiger partial charge in [-0.15, -0.1) is 0 Å². The Morgan fingerprint density at radius 2 is 1.78 bits per heavy atom. The first-order valence-electron chi connectivity index (χ1n) is 6.32. The topological polar surface area (TPSA) is 104 Å². The molecule has 0 spiro atoms. The van der Waals surface area contributed by atoms with Crippen LogP contribution in [0.1, 0.15) is 15.9 Å². The van der Waals surface area contributed by atoms with Crippen molar-refractivity contribution >= 4 is 33.9 Å². The van der Waals surface area contributed by atoms with Gasteiger partial charge in [0.1, 0.15) is 5.56 Å². The number of halogens is 1. The van der Waals surface area contributed by atoms with Crippen molar-refractivity contribution in [3.63, 3.8) is 0 Å². The van der Waals surface area contributed by atoms with Crippen LogP contribution < -0.4 is 4.74 Å². The van der Waals surface area contributed by atoms with Gasteiger partial charge in [0.05, 0.1) is 0 Å². The van der Waals surface area contributed by atoms with Crippen LogP contribution in [0.4, 0.5) is 0 Å². The van der Waals surface area contributed by atoms with Gasteiger partial charge in [-0.05, 0) is 35.9 Å². The number of phenols is 1. The highest BCUT2D eigenvalue weighted by atomic mass is 79.9. The molecule has 0 amide bonds. The molecule has 23 heavy (non-hydrogen) atoms. The lowest BCUT2D eigenvalue weighted by atomic mass is 10.2. The number of aliphatic carboxylic acids is 1. The van der Waals surface area contributed by atoms with Gasteiger partial charge in [-0.3, -0.25) is 0 Å². The standard InChI is InChI=1S/C16H11BrO6/c17-10-4-1-3-9(7-10)8-13(16(21)22)23-12-6-2-5-11(14(12)18)15(19)20/h1-8,18H,(H,19,20)(H,21,22)/b13-8-. The Morgan fingerprint density at radius 1 is 1.09 bits per heavy atom. The molecule has 0 radical (unpaired) electrons. The normalized spacial score (nSPS) is 11.1. The van der Waals surface area contributed by atoms with Crippen molar-refractivity contribution in [2.24, 2.45) is 0 Å². The highest BCUT2D eigenvalue weighted by Gasteiger charge is 2.18. The second kappa shape index (κ2) is 6.97. The minimum absolute atomic E-state index is 0.256. The zero-order valence-electron chi connectivity index (χ0n) is 11.6. The van der Waals surface area contributed by atoms with Crippen LogP contribution in [0.3, 0.4) is 0 Å². The molecule has 0 bridgehead atoms. The molecule has 0 fully saturated rings. The fourth-order valence-corrected chi connectivity index (χ4v) is 2.20. The number of hydrogen-bond donors (Lipinski definition) is 3. The van der Waals surface area contributed by atoms with Crippen molar-refractivity contribution in [2.45, 2.75) is 0 Å². The maximum Gasteiger partial charge on any atom is 0.371 e. The fourth-order valence-electron chi connectivity index (χ4n) is 1.78. The summed E-state index contributed by atoms with van der Waals surface area (Å²) in [7, 11) is 0. The second-order valence-corrected chi connectivity index (χ2v) is 5.34. The van der Waals surface area contributed by atoms with Crippen molar-refractivity contribution < 1.29 is 29.6 Å². The Hall–Kier alpha value is -2.80. The minimum Gasteiger partial charge on any atom is -0.504 e. The number of aromatic hydroxyl groups is 1. The van der Waals surface area contributed by atoms with Gasteiger partial charge >= 0.3 is 11.9 Å². The van der Waals surface area contributed by atoms with E-state index in [0.717, 1.165) is 4.47 Å². The molecule has 0 atom stereocenters. The largest absolute Gasteiger partial charge is 0.504 e. The van der Waals surface area contributed by atoms with Crippen molar-refractivity contribution in [2.75, 3.05) is 0 Å². The number of aromatic carboxylic acids is 1. The lowest BCUT2D eigenvalue weighted by Gasteiger charge is -2.10. The van der Waals surface area contributed by atoms with Crippen molar-refractivity contribution in [3.05, 3.63) is 63.8 Å². The fraction of sp³-hybridized carbons (Fsp3) is 0. The summed E-state index contributed by atoms with van der Waals surface area (Å²) in [4.78, 5) is 22.3. The van der Waals surface area contributed by atoms with E-state index in [4.69, 9.17) is 9.84 Å². The van der Waals surface area contributed by atoms with Crippen LogP contribution in [0, 0.1) is 0 Å². The summed E-state index contributed by atoms with van der Waals surface area (Å²) in [6.45, 7) is 0. The SMILES string of the molecule is O=C(O)/C(=C/c1cccc(Br)c1)Oc1cccc(C(=O)O)c1O. The average Bonchev–Trinajstić information content (AvgIpc) is 2.48. The van der Waals surface area contributed by atoms with Gasteiger partial charge in [0, 0.05) is 4.47 Å². The summed E-state index contributed by atoms with van der Waals surface area (Å²) in [6, 6.07) is 10.7. The number of hydrogen-bond acceptors (Lipinski definition) is 4. The van der Waals surface area contributed by atoms with Gasteiger partial charge in [0.2, 0.25) is 5.76 Å². The molecule has 2 rings (SSSR count). The monoisotopic (exact) mass is 378 g/mol. The number of rotatable bonds is 5. The molecule has 6 nitrogen and oxygen atoms in total. The molecule has 0 unspecified atom stereocenters. The molecular formula is C16H11BrO6. The van der Waals surface area contributed by atoms with E-state index in [2.05, 4.69) is 15.9 Å². The molecule has 0 heterocycles. The van der Waals surface area contributed by atoms with Gasteiger partial charge in [0.15, 0.2) is 11.5 Å². The van der Waals surface area contributed by atoms with Crippen molar-refractivity contribution in [1.82, 2.24) is 0 Å². The lowest BCUT2D eigenvalue weighted by Crippen LogP contribution is -2.08. The van der Waals surface area contributed by atoms with Gasteiger partial charge in [-0.1, -0.05) is 34.1 Å². The zero-order chi connectivity index (χ0) is 17.0. The summed E-state index contributed by atoms with van der Waals surface area (Å²) < 4.78 is 5.93. The van der Waals surface area contributed by atoms with Gasteiger partial charge < -0.3 is 20.1 Å². The van der Waals surface area contributed by atoms with Crippen LogP contribution in [0.25, 0.3) is 6.08 Å². The molecule has 0 saturated carbocycles. The summed E-state index contributed by atoms with van der Waals surface area (Å²) >= 11 is 3.27. The van der Waals surface area contributed by atoms with E-state index in [-0.39, 0.29) is 11.3 Å². The Kier molecular flexibility index (Phi) is 5.02. The molecule has 0 saturated heterocycles. The first-order chi connectivity index (χ1) is 10.9. The first kappa shape index (κ1) is 16.6. The van der Waals surface area contributed by atoms with Crippen molar-refractivity contribution in [3.8, 4) is 11.5 Å². The van der Waals surface area contributed by atoms with E-state index in [1.807, 2.05) is 0 Å². The highest BCUT2D eigenvalue weighted by Crippen LogP contribution is 2.31. The van der Waals surface area contributed by atoms with Crippen LogP contribution in [-0.2, 0) is 4.79 Å². The molecule has 0 aromatic heterocycles. The number of benzene rings is 2. The summed E-state index contributed by atoms with van der Waals surface area (Å²) in [5.74, 6) is -4.05. The number of carboxylic acid groups (broad SMARTS) is 2. The van der Waals surface area contributed by atoms with Crippen LogP contribution in [0.2, 0.25) is 0 Å². The Labute approximate surface area is 139 Å². The molecule has 7 heteroatoms. The zero-order valence-corrected chi connectivity index (χ0v) is 13.1. The lowest BCUT2D eigenvalue weighted by molar-refractivity contribution is -0.134. The summed E-state index contributed by atoms with van der Waals surface area (Å²) in [5, 5.41) is 28.0. The van der Waals surface area contributed by atoms with Crippen LogP contribution >= 0.6 is 15.9 Å². The quantitative estimate of drug-likeness (QED) is 0.544. The van der Waals surface area contributed by atoms with Gasteiger partial charge in [-0.2, -0.15) is 0 Å². The number of carbonyl (C=O) groups is 2. The second-order valence-electron chi connectivity index (χ2n) is 4.43. The van der Waals surface area contributed by atoms with Gasteiger partial charge in [-0.25, -0.2) is 9.59 Å². The van der Waals surface area contributed by atoms with Crippen molar-refractivity contribution in [1.29, 1.82) is 0 Å². The van der Waals surface area contributed by atoms with Gasteiger partial charge in [0.25, 0.3) is 0 Å². The molecule has 0 aliphatic heterocycles. The minimum atomic E-state index is -1.36. The maximum atomic E-state index is 11.3. The third kappa shape index (κ3) is 4.10. The molecule has 2 aromatic carbocycles. The van der Waals surface area contributed by atoms with E-state index in [0.29, 0.717) is 5.56 Å². The molecule has 0 aliphatic rings. The van der Waals surface area contributed by atoms with Crippen LogP contribution in [0.15, 0.2) is 52.7 Å². The molecule has 0 aliphatic carbocycles. The molecular weight excluding hydrogens is 368 g/mol. The average molecular weight is 379 g/mol. The smallest absolute Gasteiger partial charge is 0.371 e. The van der Waals surface area contributed by atoms with E-state index in [1.165, 1.54) is 24.3 Å². The highest BCUT2D eigenvalue weighted by molar-refractivity contribution is 9.10. The van der Waals surface area contributed by atoms with Crippen LogP contribution in [0.5, 0.6) is 11.5 Å². The Balaban J connectivity index is 2.40. The first-order valence-corrected chi connectivity index (χ1v) is 7.11. The number of ether oxygens (including phenoxy) is 1. The predicted octanol–water partition coefficient (Wildman–Crippen LogP) is 3.36. The maximum absolute atomic E-state index is 11.3. The Bertz CT molecular complexity index is 797. The van der Waals surface area contributed by atoms with E-state index in [1.54, 1.807) is 24.3 Å². The van der Waals surface area contributed by atoms with E-state index in [9.17, 15) is 19.8 Å². The molecule has 3 N–H and O–H groups in total. The molecule has 118 valence electrons. The third-order valence-electron chi connectivity index (χ3n) is 2.81. The summed E-state index contributed by atoms with van der Waals surface area (Å²) in [6.07, 6.45) is 1.26. The van der Waals surface area contributed by atoms with E-state index < -0.39 is 23.4 Å². The number of para-hydroxylation sites is 1. The Morgan fingerprint density at radius 3 is 2.39 bits per heavy atom. The summed E-state index contributed by atoms with van der Waals surface area (Å²) in [5.41, 5.74) is 0.181. The molecule has 2 aromatic rings. The van der Waals surface area contributed by atoms with Crippen LogP contribution in [-0.4, -0.2) is 27.3 Å². The third-order valence-corrected chi connectivity index (χ3v) is 3.30. The van der Waals surface area contributed by atoms with E-state index >= 15 is 0 Å².